The molecule has 1 aromatic rings. The monoisotopic (exact) mass is 288 g/mol. The van der Waals surface area contributed by atoms with Crippen molar-refractivity contribution in [3.8, 4) is 0 Å². The van der Waals surface area contributed by atoms with E-state index in [-0.39, 0.29) is 10.6 Å². The Morgan fingerprint density at radius 2 is 2.00 bits per heavy atom. The smallest absolute Gasteiger partial charge is 0.343 e. The Morgan fingerprint density at radius 3 is 2.50 bits per heavy atom. The van der Waals surface area contributed by atoms with Crippen LogP contribution < -0.4 is 0 Å². The summed E-state index contributed by atoms with van der Waals surface area (Å²) in [7, 11) is -3.63. The number of carbonyl (C=O) groups is 1. The Balaban J connectivity index is 2.22. The molecule has 1 fully saturated rings. The molecule has 0 aromatic heterocycles. The third kappa shape index (κ3) is 2.52. The van der Waals surface area contributed by atoms with Gasteiger partial charge in [0.05, 0.1) is 4.90 Å². The molecule has 0 saturated carbocycles. The van der Waals surface area contributed by atoms with Crippen molar-refractivity contribution in [2.75, 3.05) is 5.75 Å². The number of ether oxygens (including phenoxy) is 1. The lowest BCUT2D eigenvalue weighted by molar-refractivity contribution is -0.144. The van der Waals surface area contributed by atoms with E-state index in [0.717, 1.165) is 17.3 Å². The van der Waals surface area contributed by atoms with Crippen molar-refractivity contribution in [2.24, 2.45) is 0 Å². The van der Waals surface area contributed by atoms with E-state index in [4.69, 9.17) is 9.84 Å². The van der Waals surface area contributed by atoms with Crippen molar-refractivity contribution in [3.05, 3.63) is 29.8 Å². The highest BCUT2D eigenvalue weighted by atomic mass is 32.2. The second-order valence-electron chi connectivity index (χ2n) is 3.93. The highest BCUT2D eigenvalue weighted by Gasteiger charge is 2.39. The molecule has 0 radical (unpaired) electrons. The van der Waals surface area contributed by atoms with Crippen molar-refractivity contribution in [2.45, 2.75) is 22.7 Å². The number of benzene rings is 1. The van der Waals surface area contributed by atoms with Gasteiger partial charge in [-0.1, -0.05) is 17.7 Å². The number of sulfone groups is 1. The van der Waals surface area contributed by atoms with Crippen LogP contribution in [-0.4, -0.2) is 36.1 Å². The van der Waals surface area contributed by atoms with Crippen LogP contribution >= 0.6 is 11.8 Å². The summed E-state index contributed by atoms with van der Waals surface area (Å²) in [6.07, 6.45) is 0. The van der Waals surface area contributed by atoms with Gasteiger partial charge in [0, 0.05) is 5.75 Å². The van der Waals surface area contributed by atoms with Crippen LogP contribution in [0.1, 0.15) is 5.56 Å². The number of aryl methyl sites for hydroxylation is 1. The predicted octanol–water partition coefficient (Wildman–Crippen LogP) is 1.27. The van der Waals surface area contributed by atoms with Gasteiger partial charge in [0.1, 0.15) is 0 Å². The zero-order valence-electron chi connectivity index (χ0n) is 9.57. The Labute approximate surface area is 109 Å². The van der Waals surface area contributed by atoms with Gasteiger partial charge in [-0.2, -0.15) is 0 Å². The van der Waals surface area contributed by atoms with Gasteiger partial charge < -0.3 is 9.84 Å². The lowest BCUT2D eigenvalue weighted by Crippen LogP contribution is -2.26. The summed E-state index contributed by atoms with van der Waals surface area (Å²) in [4.78, 5) is 10.9. The molecule has 0 spiro atoms. The maximum Gasteiger partial charge on any atom is 0.343 e. The molecule has 18 heavy (non-hydrogen) atoms. The lowest BCUT2D eigenvalue weighted by Gasteiger charge is -2.11. The lowest BCUT2D eigenvalue weighted by atomic mass is 10.2. The topological polar surface area (TPSA) is 80.7 Å². The minimum atomic E-state index is -3.63. The highest BCUT2D eigenvalue weighted by Crippen LogP contribution is 2.31. The molecule has 1 aliphatic rings. The first-order chi connectivity index (χ1) is 8.41. The third-order valence-corrected chi connectivity index (χ3v) is 5.78. The average Bonchev–Trinajstić information content (AvgIpc) is 2.79. The van der Waals surface area contributed by atoms with Crippen LogP contribution in [0.5, 0.6) is 0 Å². The molecule has 2 atom stereocenters. The summed E-state index contributed by atoms with van der Waals surface area (Å²) in [5, 5.41) is 8.76. The molecule has 5 nitrogen and oxygen atoms in total. The van der Waals surface area contributed by atoms with Crippen molar-refractivity contribution in [3.63, 3.8) is 0 Å². The van der Waals surface area contributed by atoms with Crippen LogP contribution in [0.15, 0.2) is 29.2 Å². The Bertz CT molecular complexity index is 549. The summed E-state index contributed by atoms with van der Waals surface area (Å²) in [5.41, 5.74) is -1.24. The van der Waals surface area contributed by atoms with Crippen LogP contribution in [-0.2, 0) is 19.4 Å². The van der Waals surface area contributed by atoms with Gasteiger partial charge >= 0.3 is 5.97 Å². The Hall–Kier alpha value is -1.05. The van der Waals surface area contributed by atoms with Crippen molar-refractivity contribution >= 4 is 27.6 Å². The molecule has 1 heterocycles. The number of carboxylic acids is 1. The van der Waals surface area contributed by atoms with Crippen molar-refractivity contribution < 1.29 is 23.1 Å². The molecule has 7 heteroatoms. The Morgan fingerprint density at radius 1 is 1.39 bits per heavy atom. The quantitative estimate of drug-likeness (QED) is 0.902. The molecular weight excluding hydrogens is 276 g/mol. The fourth-order valence-electron chi connectivity index (χ4n) is 1.55. The molecule has 98 valence electrons. The third-order valence-electron chi connectivity index (χ3n) is 2.56. The van der Waals surface area contributed by atoms with Gasteiger partial charge in [-0.05, 0) is 19.1 Å². The van der Waals surface area contributed by atoms with Gasteiger partial charge in [0.25, 0.3) is 0 Å². The first-order valence-electron chi connectivity index (χ1n) is 5.21. The normalized spacial score (nSPS) is 24.1. The minimum Gasteiger partial charge on any atom is -0.479 e. The molecule has 0 amide bonds. The second kappa shape index (κ2) is 4.91. The molecule has 1 saturated heterocycles. The average molecular weight is 288 g/mol. The zero-order valence-corrected chi connectivity index (χ0v) is 11.2. The van der Waals surface area contributed by atoms with E-state index in [0.29, 0.717) is 0 Å². The van der Waals surface area contributed by atoms with Crippen LogP contribution in [0, 0.1) is 6.92 Å². The highest BCUT2D eigenvalue weighted by molar-refractivity contribution is 8.02. The van der Waals surface area contributed by atoms with Crippen molar-refractivity contribution in [1.29, 1.82) is 0 Å². The molecule has 1 aliphatic heterocycles. The van der Waals surface area contributed by atoms with Gasteiger partial charge in [-0.25, -0.2) is 13.2 Å². The van der Waals surface area contributed by atoms with Crippen LogP contribution in [0.25, 0.3) is 0 Å². The molecule has 2 unspecified atom stereocenters. The second-order valence-corrected chi connectivity index (χ2v) is 7.11. The van der Waals surface area contributed by atoms with E-state index in [1.807, 2.05) is 6.92 Å². The number of hydrogen-bond donors (Lipinski definition) is 1. The molecule has 2 rings (SSSR count). The molecule has 0 bridgehead atoms. The van der Waals surface area contributed by atoms with E-state index in [9.17, 15) is 13.2 Å². The van der Waals surface area contributed by atoms with Crippen LogP contribution in [0.2, 0.25) is 0 Å². The summed E-state index contributed by atoms with van der Waals surface area (Å²) in [6, 6.07) is 6.41. The fourth-order valence-corrected chi connectivity index (χ4v) is 4.42. The minimum absolute atomic E-state index is 0.132. The van der Waals surface area contributed by atoms with E-state index >= 15 is 0 Å². The van der Waals surface area contributed by atoms with Crippen LogP contribution in [0.3, 0.4) is 0 Å². The number of carboxylic acid groups (broad SMARTS) is 1. The molecular formula is C11H12O5S2. The number of hydrogen-bond acceptors (Lipinski definition) is 5. The van der Waals surface area contributed by atoms with Gasteiger partial charge in [0.2, 0.25) is 15.3 Å². The van der Waals surface area contributed by atoms with Gasteiger partial charge in [0.15, 0.2) is 5.44 Å². The first kappa shape index (κ1) is 13.4. The standard InChI is InChI=1S/C11H12O5S2/c1-7-2-4-8(5-3-7)18(14,15)9-6-17-11(16-9)10(12)13/h2-5,9,11H,6H2,1H3,(H,12,13). The molecule has 1 N–H and O–H groups in total. The molecule has 1 aromatic carbocycles. The number of thioether (sulfide) groups is 1. The largest absolute Gasteiger partial charge is 0.479 e. The maximum atomic E-state index is 12.2. The SMILES string of the molecule is Cc1ccc(S(=O)(=O)C2CSC(C(=O)O)O2)cc1. The number of rotatable bonds is 3. The number of aliphatic carboxylic acids is 1. The van der Waals surface area contributed by atoms with Crippen LogP contribution in [0.4, 0.5) is 0 Å². The summed E-state index contributed by atoms with van der Waals surface area (Å²) < 4.78 is 29.4. The summed E-state index contributed by atoms with van der Waals surface area (Å²) in [6.45, 7) is 1.86. The van der Waals surface area contributed by atoms with E-state index in [1.54, 1.807) is 12.1 Å². The summed E-state index contributed by atoms with van der Waals surface area (Å²) >= 11 is 0.982. The van der Waals surface area contributed by atoms with E-state index in [1.165, 1.54) is 12.1 Å². The fraction of sp³-hybridized carbons (Fsp3) is 0.364. The predicted molar refractivity (Wildman–Crippen MR) is 67.1 cm³/mol. The van der Waals surface area contributed by atoms with E-state index in [2.05, 4.69) is 0 Å². The Kier molecular flexibility index (Phi) is 3.65. The zero-order chi connectivity index (χ0) is 13.3. The maximum absolute atomic E-state index is 12.2. The van der Waals surface area contributed by atoms with Gasteiger partial charge in [-0.3, -0.25) is 0 Å². The first-order valence-corrected chi connectivity index (χ1v) is 7.81. The molecule has 0 aliphatic carbocycles. The van der Waals surface area contributed by atoms with E-state index < -0.39 is 26.7 Å². The van der Waals surface area contributed by atoms with Crippen molar-refractivity contribution in [1.82, 2.24) is 0 Å². The summed E-state index contributed by atoms with van der Waals surface area (Å²) in [5.74, 6) is -1.02. The van der Waals surface area contributed by atoms with Gasteiger partial charge in [-0.15, -0.1) is 11.8 Å².